The summed E-state index contributed by atoms with van der Waals surface area (Å²) in [6.07, 6.45) is 2.58. The van der Waals surface area contributed by atoms with Crippen molar-refractivity contribution in [3.8, 4) is 0 Å². The van der Waals surface area contributed by atoms with Gasteiger partial charge in [-0.3, -0.25) is 4.79 Å². The van der Waals surface area contributed by atoms with Crippen molar-refractivity contribution in [3.05, 3.63) is 81.9 Å². The highest BCUT2D eigenvalue weighted by atomic mass is 32.2. The fourth-order valence-corrected chi connectivity index (χ4v) is 4.76. The average molecular weight is 482 g/mol. The van der Waals surface area contributed by atoms with Crippen LogP contribution in [0.1, 0.15) is 11.1 Å². The van der Waals surface area contributed by atoms with Crippen molar-refractivity contribution in [1.82, 2.24) is 9.21 Å². The molecule has 2 aromatic rings. The van der Waals surface area contributed by atoms with Gasteiger partial charge in [-0.1, -0.05) is 12.1 Å². The number of nitrogens with zero attached hydrogens (tertiary/aromatic N) is 2. The van der Waals surface area contributed by atoms with Crippen LogP contribution >= 0.6 is 0 Å². The zero-order chi connectivity index (χ0) is 24.3. The second-order valence-corrected chi connectivity index (χ2v) is 9.99. The molecule has 5 nitrogen and oxygen atoms in total. The van der Waals surface area contributed by atoms with Gasteiger partial charge in [-0.2, -0.15) is 4.31 Å². The standard InChI is InChI=1S/C23H22F4N2O3S/c1-28(2)7-8-33(31,32)29-13-17(9-15-3-5-19(24)21(26)11-15)23(30)18(14-29)10-16-4-6-20(25)22(27)12-16/h3-6,9-12H,7-8,13-14H2,1-2H3/b17-9+,18-10+. The molecular formula is C23H22F4N2O3S. The minimum Gasteiger partial charge on any atom is -0.308 e. The van der Waals surface area contributed by atoms with Gasteiger partial charge in [0, 0.05) is 30.8 Å². The van der Waals surface area contributed by atoms with E-state index in [1.165, 1.54) is 24.3 Å². The first-order valence-corrected chi connectivity index (χ1v) is 11.6. The molecule has 3 rings (SSSR count). The number of carbonyl (C=O) groups is 1. The summed E-state index contributed by atoms with van der Waals surface area (Å²) in [5, 5.41) is 0. The number of hydrogen-bond donors (Lipinski definition) is 0. The topological polar surface area (TPSA) is 57.7 Å². The number of rotatable bonds is 6. The Morgan fingerprint density at radius 2 is 1.30 bits per heavy atom. The van der Waals surface area contributed by atoms with E-state index >= 15 is 0 Å². The van der Waals surface area contributed by atoms with Crippen molar-refractivity contribution in [1.29, 1.82) is 0 Å². The lowest BCUT2D eigenvalue weighted by molar-refractivity contribution is -0.113. The number of halogens is 4. The number of carbonyl (C=O) groups excluding carboxylic acids is 1. The van der Waals surface area contributed by atoms with Crippen LogP contribution in [0.5, 0.6) is 0 Å². The largest absolute Gasteiger partial charge is 0.308 e. The van der Waals surface area contributed by atoms with Crippen LogP contribution in [0, 0.1) is 23.3 Å². The molecule has 0 aromatic heterocycles. The Morgan fingerprint density at radius 3 is 1.70 bits per heavy atom. The van der Waals surface area contributed by atoms with Crippen molar-refractivity contribution in [2.45, 2.75) is 0 Å². The summed E-state index contributed by atoms with van der Waals surface area (Å²) in [6.45, 7) is -0.275. The number of piperidine rings is 1. The highest BCUT2D eigenvalue weighted by Gasteiger charge is 2.33. The fraction of sp³-hybridized carbons (Fsp3) is 0.261. The summed E-state index contributed by atoms with van der Waals surface area (Å²) < 4.78 is 80.7. The monoisotopic (exact) mass is 482 g/mol. The van der Waals surface area contributed by atoms with E-state index in [2.05, 4.69) is 0 Å². The number of ketones is 1. The van der Waals surface area contributed by atoms with E-state index in [9.17, 15) is 30.8 Å². The first-order valence-electron chi connectivity index (χ1n) is 9.95. The molecule has 2 aromatic carbocycles. The van der Waals surface area contributed by atoms with Gasteiger partial charge in [-0.15, -0.1) is 0 Å². The molecule has 33 heavy (non-hydrogen) atoms. The molecular weight excluding hydrogens is 460 g/mol. The van der Waals surface area contributed by atoms with Gasteiger partial charge in [0.05, 0.1) is 5.75 Å². The zero-order valence-corrected chi connectivity index (χ0v) is 18.8. The van der Waals surface area contributed by atoms with Crippen molar-refractivity contribution in [3.63, 3.8) is 0 Å². The Hall–Kier alpha value is -2.82. The zero-order valence-electron chi connectivity index (χ0n) is 18.0. The fourth-order valence-electron chi connectivity index (χ4n) is 3.24. The van der Waals surface area contributed by atoms with E-state index in [0.717, 1.165) is 28.6 Å². The third-order valence-electron chi connectivity index (χ3n) is 5.04. The van der Waals surface area contributed by atoms with Crippen LogP contribution in [0.3, 0.4) is 0 Å². The van der Waals surface area contributed by atoms with Gasteiger partial charge in [0.25, 0.3) is 0 Å². The van der Waals surface area contributed by atoms with Crippen LogP contribution in [0.25, 0.3) is 12.2 Å². The maximum atomic E-state index is 13.6. The lowest BCUT2D eigenvalue weighted by atomic mass is 9.95. The summed E-state index contributed by atoms with van der Waals surface area (Å²) >= 11 is 0. The molecule has 0 saturated carbocycles. The Balaban J connectivity index is 2.04. The Labute approximate surface area is 189 Å². The van der Waals surface area contributed by atoms with E-state index in [-0.39, 0.29) is 47.7 Å². The van der Waals surface area contributed by atoms with Gasteiger partial charge >= 0.3 is 0 Å². The molecule has 1 fully saturated rings. The maximum absolute atomic E-state index is 13.6. The summed E-state index contributed by atoms with van der Waals surface area (Å²) in [5.74, 6) is -5.06. The molecule has 0 amide bonds. The van der Waals surface area contributed by atoms with Gasteiger partial charge < -0.3 is 4.90 Å². The van der Waals surface area contributed by atoms with E-state index in [4.69, 9.17) is 0 Å². The molecule has 0 unspecified atom stereocenters. The minimum absolute atomic E-state index is 0.0366. The third kappa shape index (κ3) is 6.16. The number of sulfonamides is 1. The Morgan fingerprint density at radius 1 is 0.848 bits per heavy atom. The molecule has 10 heteroatoms. The predicted molar refractivity (Wildman–Crippen MR) is 118 cm³/mol. The highest BCUT2D eigenvalue weighted by molar-refractivity contribution is 7.89. The van der Waals surface area contributed by atoms with E-state index < -0.39 is 39.1 Å². The van der Waals surface area contributed by atoms with Crippen LogP contribution < -0.4 is 0 Å². The number of hydrogen-bond acceptors (Lipinski definition) is 4. The molecule has 0 aliphatic carbocycles. The van der Waals surface area contributed by atoms with Crippen molar-refractivity contribution < 1.29 is 30.8 Å². The van der Waals surface area contributed by atoms with Crippen LogP contribution in [0.4, 0.5) is 17.6 Å². The SMILES string of the molecule is CN(C)CCS(=O)(=O)N1C/C(=C\c2ccc(F)c(F)c2)C(=O)/C(=C/c2ccc(F)c(F)c2)C1. The number of Topliss-reactive ketones (excluding diaryl/α,β-unsaturated/α-hetero) is 1. The molecule has 1 heterocycles. The summed E-state index contributed by atoms with van der Waals surface area (Å²) in [4.78, 5) is 14.8. The Bertz CT molecular complexity index is 1170. The lowest BCUT2D eigenvalue weighted by Gasteiger charge is -2.29. The molecule has 1 saturated heterocycles. The second-order valence-electron chi connectivity index (χ2n) is 7.90. The summed E-state index contributed by atoms with van der Waals surface area (Å²) in [5.41, 5.74) is 0.429. The van der Waals surface area contributed by atoms with Gasteiger partial charge in [0.2, 0.25) is 10.0 Å². The Kier molecular flexibility index (Phi) is 7.51. The van der Waals surface area contributed by atoms with Gasteiger partial charge in [-0.05, 0) is 61.6 Å². The lowest BCUT2D eigenvalue weighted by Crippen LogP contribution is -2.43. The minimum atomic E-state index is -3.79. The van der Waals surface area contributed by atoms with Crippen LogP contribution in [-0.4, -0.2) is 62.9 Å². The van der Waals surface area contributed by atoms with Gasteiger partial charge in [-0.25, -0.2) is 26.0 Å². The molecule has 1 aliphatic heterocycles. The predicted octanol–water partition coefficient (Wildman–Crippen LogP) is 3.49. The van der Waals surface area contributed by atoms with Crippen molar-refractivity contribution >= 4 is 28.0 Å². The van der Waals surface area contributed by atoms with E-state index in [0.29, 0.717) is 0 Å². The average Bonchev–Trinajstić information content (AvgIpc) is 2.74. The molecule has 0 atom stereocenters. The molecule has 0 spiro atoms. The van der Waals surface area contributed by atoms with Gasteiger partial charge in [0.15, 0.2) is 29.1 Å². The third-order valence-corrected chi connectivity index (χ3v) is 6.78. The molecule has 1 aliphatic rings. The highest BCUT2D eigenvalue weighted by Crippen LogP contribution is 2.25. The van der Waals surface area contributed by atoms with E-state index in [1.54, 1.807) is 19.0 Å². The maximum Gasteiger partial charge on any atom is 0.215 e. The summed E-state index contributed by atoms with van der Waals surface area (Å²) in [7, 11) is -0.352. The van der Waals surface area contributed by atoms with Crippen LogP contribution in [0.15, 0.2) is 47.5 Å². The van der Waals surface area contributed by atoms with E-state index in [1.807, 2.05) is 0 Å². The van der Waals surface area contributed by atoms with Crippen molar-refractivity contribution in [2.24, 2.45) is 0 Å². The molecule has 0 N–H and O–H groups in total. The first-order chi connectivity index (χ1) is 15.5. The normalized spacial score (nSPS) is 18.0. The quantitative estimate of drug-likeness (QED) is 0.467. The number of benzene rings is 2. The van der Waals surface area contributed by atoms with Crippen LogP contribution in [0.2, 0.25) is 0 Å². The first kappa shape index (κ1) is 24.8. The molecule has 0 bridgehead atoms. The molecule has 0 radical (unpaired) electrons. The van der Waals surface area contributed by atoms with Crippen molar-refractivity contribution in [2.75, 3.05) is 39.5 Å². The second kappa shape index (κ2) is 9.98. The smallest absolute Gasteiger partial charge is 0.215 e. The molecule has 176 valence electrons. The summed E-state index contributed by atoms with van der Waals surface area (Å²) in [6, 6.07) is 6.12. The van der Waals surface area contributed by atoms with Gasteiger partial charge in [0.1, 0.15) is 0 Å². The van der Waals surface area contributed by atoms with Crippen LogP contribution in [-0.2, 0) is 14.8 Å².